The molecule has 0 atom stereocenters. The second-order valence-corrected chi connectivity index (χ2v) is 8.86. The highest BCUT2D eigenvalue weighted by Crippen LogP contribution is 2.35. The molecule has 2 aliphatic rings. The van der Waals surface area contributed by atoms with E-state index in [1.165, 1.54) is 6.20 Å². The molecule has 8 nitrogen and oxygen atoms in total. The average Bonchev–Trinajstić information content (AvgIpc) is 3.32. The lowest BCUT2D eigenvalue weighted by Gasteiger charge is -2.31. The number of anilines is 2. The summed E-state index contributed by atoms with van der Waals surface area (Å²) in [7, 11) is 0. The molecule has 2 aliphatic heterocycles. The smallest absolute Gasteiger partial charge is 0.437 e. The lowest BCUT2D eigenvalue weighted by molar-refractivity contribution is -0.148. The van der Waals surface area contributed by atoms with Gasteiger partial charge in [-0.3, -0.25) is 9.59 Å². The Balaban J connectivity index is 1.41. The highest BCUT2D eigenvalue weighted by molar-refractivity contribution is 5.96. The number of alkyl halides is 3. The van der Waals surface area contributed by atoms with Gasteiger partial charge in [0.25, 0.3) is 6.01 Å². The van der Waals surface area contributed by atoms with Crippen LogP contribution in [0.3, 0.4) is 0 Å². The average molecular weight is 495 g/mol. The first-order valence-corrected chi connectivity index (χ1v) is 12.0. The van der Waals surface area contributed by atoms with E-state index in [0.29, 0.717) is 57.0 Å². The molecule has 2 saturated heterocycles. The van der Waals surface area contributed by atoms with E-state index < -0.39 is 23.4 Å². The molecular weight excluding hydrogens is 465 g/mol. The van der Waals surface area contributed by atoms with Gasteiger partial charge in [0.1, 0.15) is 5.82 Å². The number of Topliss-reactive ketones (excluding diaryl/α,β-unsaturated/α-hetero) is 1. The zero-order chi connectivity index (χ0) is 25.0. The number of pyridine rings is 1. The van der Waals surface area contributed by atoms with Crippen LogP contribution < -0.4 is 9.80 Å². The zero-order valence-electron chi connectivity index (χ0n) is 19.6. The molecule has 0 bridgehead atoms. The Labute approximate surface area is 201 Å². The largest absolute Gasteiger partial charge is 0.466 e. The van der Waals surface area contributed by atoms with Gasteiger partial charge in [-0.1, -0.05) is 6.07 Å². The third-order valence-electron chi connectivity index (χ3n) is 6.38. The van der Waals surface area contributed by atoms with Crippen LogP contribution in [-0.4, -0.2) is 54.5 Å². The van der Waals surface area contributed by atoms with Gasteiger partial charge in [-0.2, -0.15) is 18.2 Å². The standard InChI is InChI=1S/C24H29F3N4O4/c1-2-34-22(33)17-8-12-30(13-9-17)19-7-6-16(15-28-19)14-18(32)20-21(24(25,26)27)29-23(35-20)31-10-4-3-5-11-31/h6-7,15,17H,2-5,8-14H2,1H3. The number of rotatable bonds is 7. The first kappa shape index (κ1) is 25.0. The molecule has 35 heavy (non-hydrogen) atoms. The molecule has 0 radical (unpaired) electrons. The van der Waals surface area contributed by atoms with Crippen LogP contribution in [0.15, 0.2) is 22.7 Å². The predicted molar refractivity (Wildman–Crippen MR) is 121 cm³/mol. The summed E-state index contributed by atoms with van der Waals surface area (Å²) >= 11 is 0. The number of esters is 1. The monoisotopic (exact) mass is 494 g/mol. The maximum Gasteiger partial charge on any atom is 0.437 e. The SMILES string of the molecule is CCOC(=O)C1CCN(c2ccc(CC(=O)c3oc(N4CCCCC4)nc3C(F)(F)F)cn2)CC1. The molecule has 2 aromatic heterocycles. The normalized spacial score (nSPS) is 17.5. The first-order chi connectivity index (χ1) is 16.8. The molecular formula is C24H29F3N4O4. The second kappa shape index (κ2) is 10.7. The van der Waals surface area contributed by atoms with Crippen molar-refractivity contribution in [2.45, 2.75) is 51.6 Å². The van der Waals surface area contributed by atoms with E-state index in [2.05, 4.69) is 9.97 Å². The number of aromatic nitrogens is 2. The highest BCUT2D eigenvalue weighted by Gasteiger charge is 2.41. The molecule has 0 unspecified atom stereocenters. The van der Waals surface area contributed by atoms with Crippen LogP contribution in [0.2, 0.25) is 0 Å². The maximum absolute atomic E-state index is 13.6. The van der Waals surface area contributed by atoms with E-state index in [1.807, 2.05) is 4.90 Å². The fraction of sp³-hybridized carbons (Fsp3) is 0.583. The summed E-state index contributed by atoms with van der Waals surface area (Å²) in [6, 6.07) is 3.25. The number of halogens is 3. The molecule has 0 spiro atoms. The van der Waals surface area contributed by atoms with Gasteiger partial charge >= 0.3 is 12.1 Å². The number of hydrogen-bond donors (Lipinski definition) is 0. The molecule has 4 rings (SSSR count). The molecule has 0 N–H and O–H groups in total. The predicted octanol–water partition coefficient (Wildman–Crippen LogP) is 4.28. The van der Waals surface area contributed by atoms with Crippen LogP contribution in [-0.2, 0) is 22.1 Å². The van der Waals surface area contributed by atoms with Gasteiger partial charge in [-0.25, -0.2) is 4.98 Å². The fourth-order valence-electron chi connectivity index (χ4n) is 4.49. The molecule has 2 aromatic rings. The van der Waals surface area contributed by atoms with Gasteiger partial charge in [0, 0.05) is 38.8 Å². The zero-order valence-corrected chi connectivity index (χ0v) is 19.6. The van der Waals surface area contributed by atoms with Crippen molar-refractivity contribution in [3.8, 4) is 0 Å². The molecule has 0 amide bonds. The number of oxazole rings is 1. The van der Waals surface area contributed by atoms with Crippen molar-refractivity contribution < 1.29 is 31.9 Å². The van der Waals surface area contributed by atoms with Crippen LogP contribution in [0.4, 0.5) is 25.0 Å². The Morgan fingerprint density at radius 3 is 2.40 bits per heavy atom. The van der Waals surface area contributed by atoms with Crippen molar-refractivity contribution in [3.63, 3.8) is 0 Å². The quantitative estimate of drug-likeness (QED) is 0.416. The van der Waals surface area contributed by atoms with E-state index in [0.717, 1.165) is 19.3 Å². The van der Waals surface area contributed by atoms with Crippen molar-refractivity contribution in [3.05, 3.63) is 35.3 Å². The van der Waals surface area contributed by atoms with Gasteiger partial charge in [0.15, 0.2) is 5.69 Å². The number of hydrogen-bond acceptors (Lipinski definition) is 8. The van der Waals surface area contributed by atoms with E-state index in [-0.39, 0.29) is 24.3 Å². The van der Waals surface area contributed by atoms with Gasteiger partial charge < -0.3 is 19.0 Å². The summed E-state index contributed by atoms with van der Waals surface area (Å²) in [6.07, 6.45) is 0.409. The number of ketones is 1. The molecule has 4 heterocycles. The van der Waals surface area contributed by atoms with Crippen LogP contribution in [0.25, 0.3) is 0 Å². The Kier molecular flexibility index (Phi) is 7.61. The molecule has 0 saturated carbocycles. The Bertz CT molecular complexity index is 1020. The van der Waals surface area contributed by atoms with Crippen LogP contribution in [0.5, 0.6) is 0 Å². The van der Waals surface area contributed by atoms with Gasteiger partial charge in [-0.05, 0) is 50.7 Å². The van der Waals surface area contributed by atoms with Crippen LogP contribution >= 0.6 is 0 Å². The molecule has 11 heteroatoms. The van der Waals surface area contributed by atoms with E-state index >= 15 is 0 Å². The third kappa shape index (κ3) is 5.94. The summed E-state index contributed by atoms with van der Waals surface area (Å²) in [4.78, 5) is 36.4. The number of ether oxygens (including phenoxy) is 1. The molecule has 0 aromatic carbocycles. The number of carbonyl (C=O) groups is 2. The molecule has 0 aliphatic carbocycles. The summed E-state index contributed by atoms with van der Waals surface area (Å²) in [5.41, 5.74) is -0.804. The summed E-state index contributed by atoms with van der Waals surface area (Å²) < 4.78 is 51.1. The Morgan fingerprint density at radius 1 is 1.09 bits per heavy atom. The van der Waals surface area contributed by atoms with Crippen molar-refractivity contribution in [1.82, 2.24) is 9.97 Å². The van der Waals surface area contributed by atoms with Crippen molar-refractivity contribution in [2.75, 3.05) is 42.6 Å². The Morgan fingerprint density at radius 2 is 1.80 bits per heavy atom. The Hall–Kier alpha value is -3.11. The first-order valence-electron chi connectivity index (χ1n) is 12.0. The maximum atomic E-state index is 13.6. The minimum atomic E-state index is -4.79. The highest BCUT2D eigenvalue weighted by atomic mass is 19.4. The fourth-order valence-corrected chi connectivity index (χ4v) is 4.49. The minimum absolute atomic E-state index is 0.123. The number of piperidine rings is 2. The summed E-state index contributed by atoms with van der Waals surface area (Å²) in [5, 5.41) is 0. The third-order valence-corrected chi connectivity index (χ3v) is 6.38. The van der Waals surface area contributed by atoms with Crippen LogP contribution in [0, 0.1) is 5.92 Å². The van der Waals surface area contributed by atoms with Gasteiger partial charge in [0.2, 0.25) is 11.5 Å². The minimum Gasteiger partial charge on any atom is -0.466 e. The summed E-state index contributed by atoms with van der Waals surface area (Å²) in [6.45, 7) is 4.52. The van der Waals surface area contributed by atoms with E-state index in [4.69, 9.17) is 9.15 Å². The van der Waals surface area contributed by atoms with E-state index in [9.17, 15) is 22.8 Å². The van der Waals surface area contributed by atoms with Crippen LogP contribution in [0.1, 0.15) is 60.8 Å². The van der Waals surface area contributed by atoms with Gasteiger partial charge in [0.05, 0.1) is 12.5 Å². The van der Waals surface area contributed by atoms with Gasteiger partial charge in [-0.15, -0.1) is 0 Å². The topological polar surface area (TPSA) is 88.8 Å². The number of nitrogens with zero attached hydrogens (tertiary/aromatic N) is 4. The molecule has 190 valence electrons. The molecule has 2 fully saturated rings. The van der Waals surface area contributed by atoms with E-state index in [1.54, 1.807) is 24.0 Å². The van der Waals surface area contributed by atoms with Crippen molar-refractivity contribution >= 4 is 23.6 Å². The van der Waals surface area contributed by atoms with Crippen molar-refractivity contribution in [2.24, 2.45) is 5.92 Å². The lowest BCUT2D eigenvalue weighted by atomic mass is 9.97. The summed E-state index contributed by atoms with van der Waals surface area (Å²) in [5.74, 6) is -1.17. The van der Waals surface area contributed by atoms with Crippen molar-refractivity contribution in [1.29, 1.82) is 0 Å². The number of carbonyl (C=O) groups excluding carboxylic acids is 2. The lowest BCUT2D eigenvalue weighted by Crippen LogP contribution is -2.37. The second-order valence-electron chi connectivity index (χ2n) is 8.86.